The van der Waals surface area contributed by atoms with Gasteiger partial charge in [0.05, 0.1) is 24.4 Å². The molecule has 1 unspecified atom stereocenters. The normalized spacial score (nSPS) is 12.2. The molecule has 0 saturated heterocycles. The molecular weight excluding hydrogens is 512 g/mol. The van der Waals surface area contributed by atoms with Gasteiger partial charge in [-0.1, -0.05) is 22.9 Å². The summed E-state index contributed by atoms with van der Waals surface area (Å²) >= 11 is 0. The summed E-state index contributed by atoms with van der Waals surface area (Å²) in [6, 6.07) is 16.7. The first kappa shape index (κ1) is 26.6. The SMILES string of the molecule is COc1ccc2c(=O)n(CCC(C(=O)O)N(c3ccc(Oc4ccc(C)cc4)cc3)S(C)(=O)=O)nnc2c1. The largest absolute Gasteiger partial charge is 0.497 e. The van der Waals surface area contributed by atoms with Crippen molar-refractivity contribution in [3.8, 4) is 17.2 Å². The molecule has 0 amide bonds. The average molecular weight is 539 g/mol. The number of benzene rings is 3. The topological polar surface area (TPSA) is 141 Å². The van der Waals surface area contributed by atoms with Crippen LogP contribution in [-0.4, -0.2) is 53.9 Å². The maximum Gasteiger partial charge on any atom is 0.327 e. The lowest BCUT2D eigenvalue weighted by molar-refractivity contribution is -0.138. The van der Waals surface area contributed by atoms with Crippen LogP contribution >= 0.6 is 0 Å². The Kier molecular flexibility index (Phi) is 7.62. The zero-order valence-electron chi connectivity index (χ0n) is 20.9. The molecule has 0 aliphatic rings. The molecule has 4 aromatic rings. The molecule has 3 aromatic carbocycles. The molecule has 38 heavy (non-hydrogen) atoms. The third-order valence-electron chi connectivity index (χ3n) is 5.82. The quantitative estimate of drug-likeness (QED) is 0.322. The third-order valence-corrected chi connectivity index (χ3v) is 7.00. The van der Waals surface area contributed by atoms with E-state index in [0.29, 0.717) is 22.8 Å². The van der Waals surface area contributed by atoms with Crippen molar-refractivity contribution in [2.45, 2.75) is 25.9 Å². The van der Waals surface area contributed by atoms with E-state index >= 15 is 0 Å². The standard InChI is InChI=1S/C26H26N4O7S/c1-17-4-8-19(9-5-17)37-20-10-6-18(7-11-20)30(38(3,34)35)24(26(32)33)14-15-29-25(31)22-13-12-21(36-2)16-23(22)27-28-29/h4-13,16,24H,14-15H2,1-3H3,(H,32,33). The molecule has 1 N–H and O–H groups in total. The summed E-state index contributed by atoms with van der Waals surface area (Å²) < 4.78 is 38.2. The second kappa shape index (κ2) is 10.9. The maximum atomic E-state index is 12.9. The Morgan fingerprint density at radius 1 is 1.03 bits per heavy atom. The molecule has 0 spiro atoms. The summed E-state index contributed by atoms with van der Waals surface area (Å²) in [5.74, 6) is 0.190. The van der Waals surface area contributed by atoms with E-state index in [2.05, 4.69) is 10.3 Å². The average Bonchev–Trinajstić information content (AvgIpc) is 2.88. The van der Waals surface area contributed by atoms with Gasteiger partial charge in [0.1, 0.15) is 28.8 Å². The van der Waals surface area contributed by atoms with Crippen molar-refractivity contribution < 1.29 is 27.8 Å². The highest BCUT2D eigenvalue weighted by Crippen LogP contribution is 2.28. The summed E-state index contributed by atoms with van der Waals surface area (Å²) in [6.07, 6.45) is 0.690. The van der Waals surface area contributed by atoms with Gasteiger partial charge in [0.15, 0.2) is 0 Å². The maximum absolute atomic E-state index is 12.9. The summed E-state index contributed by atoms with van der Waals surface area (Å²) in [5, 5.41) is 18.1. The number of aryl methyl sites for hydroxylation is 2. The second-order valence-corrected chi connectivity index (χ2v) is 10.5. The summed E-state index contributed by atoms with van der Waals surface area (Å²) in [7, 11) is -2.54. The van der Waals surface area contributed by atoms with E-state index < -0.39 is 27.6 Å². The number of sulfonamides is 1. The summed E-state index contributed by atoms with van der Waals surface area (Å²) in [4.78, 5) is 25.1. The zero-order valence-corrected chi connectivity index (χ0v) is 21.8. The number of fused-ring (bicyclic) bond motifs is 1. The predicted octanol–water partition coefficient (Wildman–Crippen LogP) is 3.21. The van der Waals surface area contributed by atoms with Gasteiger partial charge in [0.2, 0.25) is 10.0 Å². The zero-order chi connectivity index (χ0) is 27.4. The van der Waals surface area contributed by atoms with E-state index in [0.717, 1.165) is 20.8 Å². The predicted molar refractivity (Wildman–Crippen MR) is 141 cm³/mol. The minimum atomic E-state index is -4.02. The number of aromatic nitrogens is 3. The molecule has 4 rings (SSSR count). The van der Waals surface area contributed by atoms with Crippen molar-refractivity contribution in [3.63, 3.8) is 0 Å². The number of methoxy groups -OCH3 is 1. The Morgan fingerprint density at radius 2 is 1.63 bits per heavy atom. The molecule has 11 nitrogen and oxygen atoms in total. The number of aliphatic carboxylic acids is 1. The van der Waals surface area contributed by atoms with Gasteiger partial charge in [0.25, 0.3) is 5.56 Å². The number of carboxylic acids is 1. The Hall–Kier alpha value is -4.45. The monoisotopic (exact) mass is 538 g/mol. The number of hydrogen-bond acceptors (Lipinski definition) is 8. The van der Waals surface area contributed by atoms with Crippen LogP contribution in [0, 0.1) is 6.92 Å². The molecule has 1 heterocycles. The number of nitrogens with zero attached hydrogens (tertiary/aromatic N) is 4. The van der Waals surface area contributed by atoms with Crippen LogP contribution in [0.1, 0.15) is 12.0 Å². The van der Waals surface area contributed by atoms with E-state index in [-0.39, 0.29) is 24.0 Å². The Morgan fingerprint density at radius 3 is 2.21 bits per heavy atom. The van der Waals surface area contributed by atoms with Crippen molar-refractivity contribution in [1.82, 2.24) is 15.0 Å². The number of hydrogen-bond donors (Lipinski definition) is 1. The first-order valence-corrected chi connectivity index (χ1v) is 13.4. The molecule has 0 aliphatic carbocycles. The van der Waals surface area contributed by atoms with Gasteiger partial charge in [-0.2, -0.15) is 0 Å². The van der Waals surface area contributed by atoms with Crippen LogP contribution in [0.2, 0.25) is 0 Å². The van der Waals surface area contributed by atoms with E-state index in [1.165, 1.54) is 19.2 Å². The highest BCUT2D eigenvalue weighted by molar-refractivity contribution is 7.92. The number of anilines is 1. The summed E-state index contributed by atoms with van der Waals surface area (Å²) in [6.45, 7) is 1.78. The first-order valence-electron chi connectivity index (χ1n) is 11.5. The fourth-order valence-corrected chi connectivity index (χ4v) is 5.08. The highest BCUT2D eigenvalue weighted by atomic mass is 32.2. The van der Waals surface area contributed by atoms with Crippen molar-refractivity contribution >= 4 is 32.6 Å². The fourth-order valence-electron chi connectivity index (χ4n) is 3.92. The molecule has 0 fully saturated rings. The number of carboxylic acid groups (broad SMARTS) is 1. The van der Waals surface area contributed by atoms with Crippen molar-refractivity contribution in [2.75, 3.05) is 17.7 Å². The molecule has 0 radical (unpaired) electrons. The van der Waals surface area contributed by atoms with Gasteiger partial charge < -0.3 is 14.6 Å². The van der Waals surface area contributed by atoms with Crippen molar-refractivity contribution in [2.24, 2.45) is 0 Å². The number of ether oxygens (including phenoxy) is 2. The fraction of sp³-hybridized carbons (Fsp3) is 0.231. The minimum Gasteiger partial charge on any atom is -0.497 e. The van der Waals surface area contributed by atoms with Gasteiger partial charge in [-0.15, -0.1) is 5.10 Å². The van der Waals surface area contributed by atoms with Gasteiger partial charge in [-0.3, -0.25) is 9.10 Å². The van der Waals surface area contributed by atoms with Crippen LogP contribution in [0.5, 0.6) is 17.2 Å². The van der Waals surface area contributed by atoms with Crippen molar-refractivity contribution in [3.05, 3.63) is 82.6 Å². The minimum absolute atomic E-state index is 0.139. The van der Waals surface area contributed by atoms with Crippen LogP contribution in [0.4, 0.5) is 5.69 Å². The second-order valence-electron chi connectivity index (χ2n) is 8.61. The van der Waals surface area contributed by atoms with E-state index in [9.17, 15) is 23.1 Å². The van der Waals surface area contributed by atoms with E-state index in [1.807, 2.05) is 19.1 Å². The van der Waals surface area contributed by atoms with Crippen LogP contribution < -0.4 is 19.3 Å². The molecular formula is C26H26N4O7S. The molecule has 198 valence electrons. The van der Waals surface area contributed by atoms with Gasteiger partial charge in [-0.05, 0) is 61.9 Å². The highest BCUT2D eigenvalue weighted by Gasteiger charge is 2.33. The lowest BCUT2D eigenvalue weighted by atomic mass is 10.2. The summed E-state index contributed by atoms with van der Waals surface area (Å²) in [5.41, 5.74) is 1.06. The lowest BCUT2D eigenvalue weighted by Gasteiger charge is -2.29. The molecule has 0 bridgehead atoms. The first-order chi connectivity index (χ1) is 18.1. The van der Waals surface area contributed by atoms with Crippen LogP contribution in [0.15, 0.2) is 71.5 Å². The van der Waals surface area contributed by atoms with Gasteiger partial charge in [-0.25, -0.2) is 17.9 Å². The number of rotatable bonds is 10. The van der Waals surface area contributed by atoms with Gasteiger partial charge in [0, 0.05) is 12.6 Å². The lowest BCUT2D eigenvalue weighted by Crippen LogP contribution is -2.46. The van der Waals surface area contributed by atoms with Crippen molar-refractivity contribution in [1.29, 1.82) is 0 Å². The molecule has 0 aliphatic heterocycles. The Bertz CT molecular complexity index is 1620. The Balaban J connectivity index is 1.58. The van der Waals surface area contributed by atoms with Crippen LogP contribution in [-0.2, 0) is 21.4 Å². The van der Waals surface area contributed by atoms with Gasteiger partial charge >= 0.3 is 5.97 Å². The molecule has 1 atom stereocenters. The molecule has 1 aromatic heterocycles. The van der Waals surface area contributed by atoms with Crippen LogP contribution in [0.25, 0.3) is 10.9 Å². The third kappa shape index (κ3) is 5.92. The van der Waals surface area contributed by atoms with Crippen LogP contribution in [0.3, 0.4) is 0 Å². The molecule has 0 saturated carbocycles. The molecule has 12 heteroatoms. The Labute approximate surface area is 218 Å². The van der Waals surface area contributed by atoms with E-state index in [1.54, 1.807) is 42.5 Å². The number of carbonyl (C=O) groups is 1. The van der Waals surface area contributed by atoms with E-state index in [4.69, 9.17) is 9.47 Å². The smallest absolute Gasteiger partial charge is 0.327 e.